The first-order valence-corrected chi connectivity index (χ1v) is 8.17. The van der Waals surface area contributed by atoms with E-state index in [4.69, 9.17) is 0 Å². The smallest absolute Gasteiger partial charge is 0.270 e. The van der Waals surface area contributed by atoms with Gasteiger partial charge in [-0.2, -0.15) is 0 Å². The lowest BCUT2D eigenvalue weighted by molar-refractivity contribution is 0.0949. The summed E-state index contributed by atoms with van der Waals surface area (Å²) in [6.07, 6.45) is 4.38. The van der Waals surface area contributed by atoms with Gasteiger partial charge < -0.3 is 10.2 Å². The molecule has 0 radical (unpaired) electrons. The van der Waals surface area contributed by atoms with Gasteiger partial charge in [0.05, 0.1) is 0 Å². The third-order valence-electron chi connectivity index (χ3n) is 3.68. The van der Waals surface area contributed by atoms with Gasteiger partial charge in [-0.15, -0.1) is 0 Å². The van der Waals surface area contributed by atoms with E-state index in [1.807, 2.05) is 11.9 Å². The van der Waals surface area contributed by atoms with Crippen LogP contribution in [-0.2, 0) is 6.42 Å². The summed E-state index contributed by atoms with van der Waals surface area (Å²) in [5.41, 5.74) is 1.32. The van der Waals surface area contributed by atoms with E-state index in [1.165, 1.54) is 12.1 Å². The first kappa shape index (κ1) is 17.8. The van der Waals surface area contributed by atoms with Crippen molar-refractivity contribution in [2.75, 3.05) is 25.0 Å². The van der Waals surface area contributed by atoms with Crippen molar-refractivity contribution >= 4 is 11.9 Å². The standard InChI is InChI=1S/C18H23FN4O/c1-3-4-13-23(2)18-21-12-10-16(22-18)17(24)20-11-9-14-5-7-15(19)8-6-14/h5-8,10,12H,3-4,9,11,13H2,1-2H3,(H,20,24). The second kappa shape index (κ2) is 8.96. The summed E-state index contributed by atoms with van der Waals surface area (Å²) < 4.78 is 12.9. The molecular formula is C18H23FN4O. The molecule has 24 heavy (non-hydrogen) atoms. The summed E-state index contributed by atoms with van der Waals surface area (Å²) in [5, 5.41) is 2.83. The number of hydrogen-bond donors (Lipinski definition) is 1. The van der Waals surface area contributed by atoms with Crippen molar-refractivity contribution in [3.05, 3.63) is 53.6 Å². The molecule has 1 aromatic carbocycles. The summed E-state index contributed by atoms with van der Waals surface area (Å²) >= 11 is 0. The largest absolute Gasteiger partial charge is 0.350 e. The SMILES string of the molecule is CCCCN(C)c1nccc(C(=O)NCCc2ccc(F)cc2)n1. The molecule has 2 rings (SSSR count). The average molecular weight is 330 g/mol. The molecule has 0 atom stereocenters. The zero-order valence-electron chi connectivity index (χ0n) is 14.1. The highest BCUT2D eigenvalue weighted by Gasteiger charge is 2.10. The average Bonchev–Trinajstić information content (AvgIpc) is 2.61. The normalized spacial score (nSPS) is 10.5. The molecule has 0 unspecified atom stereocenters. The Labute approximate surface area is 141 Å². The molecule has 0 bridgehead atoms. The molecule has 0 spiro atoms. The van der Waals surface area contributed by atoms with Crippen molar-refractivity contribution in [2.24, 2.45) is 0 Å². The molecule has 1 aromatic heterocycles. The van der Waals surface area contributed by atoms with Crippen molar-refractivity contribution in [2.45, 2.75) is 26.2 Å². The quantitative estimate of drug-likeness (QED) is 0.808. The molecule has 0 aliphatic heterocycles. The maximum atomic E-state index is 12.9. The molecule has 0 saturated heterocycles. The Kier molecular flexibility index (Phi) is 6.66. The molecule has 1 heterocycles. The van der Waals surface area contributed by atoms with Crippen LogP contribution in [0.3, 0.4) is 0 Å². The molecular weight excluding hydrogens is 307 g/mol. The first-order valence-electron chi connectivity index (χ1n) is 8.17. The molecule has 0 aliphatic carbocycles. The van der Waals surface area contributed by atoms with E-state index in [2.05, 4.69) is 22.2 Å². The van der Waals surface area contributed by atoms with Crippen LogP contribution >= 0.6 is 0 Å². The van der Waals surface area contributed by atoms with Gasteiger partial charge in [0.2, 0.25) is 5.95 Å². The molecule has 0 aliphatic rings. The second-order valence-corrected chi connectivity index (χ2v) is 5.65. The van der Waals surface area contributed by atoms with E-state index >= 15 is 0 Å². The molecule has 2 aromatic rings. The monoisotopic (exact) mass is 330 g/mol. The fraction of sp³-hybridized carbons (Fsp3) is 0.389. The molecule has 1 amide bonds. The van der Waals surface area contributed by atoms with Gasteiger partial charge in [-0.3, -0.25) is 4.79 Å². The Morgan fingerprint density at radius 2 is 2.00 bits per heavy atom. The molecule has 0 fully saturated rings. The number of carbonyl (C=O) groups is 1. The van der Waals surface area contributed by atoms with Crippen LogP contribution in [0.2, 0.25) is 0 Å². The number of nitrogens with zero attached hydrogens (tertiary/aromatic N) is 3. The lowest BCUT2D eigenvalue weighted by atomic mass is 10.1. The Bertz CT molecular complexity index is 660. The van der Waals surface area contributed by atoms with Gasteiger partial charge in [0.1, 0.15) is 11.5 Å². The molecule has 1 N–H and O–H groups in total. The molecule has 128 valence electrons. The number of unbranched alkanes of at least 4 members (excludes halogenated alkanes) is 1. The number of halogens is 1. The molecule has 5 nitrogen and oxygen atoms in total. The Morgan fingerprint density at radius 3 is 2.71 bits per heavy atom. The van der Waals surface area contributed by atoms with Crippen LogP contribution in [0.1, 0.15) is 35.8 Å². The van der Waals surface area contributed by atoms with Crippen molar-refractivity contribution in [3.8, 4) is 0 Å². The summed E-state index contributed by atoms with van der Waals surface area (Å²) in [4.78, 5) is 22.7. The van der Waals surface area contributed by atoms with Gasteiger partial charge in [0.15, 0.2) is 0 Å². The third kappa shape index (κ3) is 5.30. The van der Waals surface area contributed by atoms with Crippen molar-refractivity contribution < 1.29 is 9.18 Å². The molecule has 0 saturated carbocycles. The van der Waals surface area contributed by atoms with E-state index in [-0.39, 0.29) is 11.7 Å². The number of hydrogen-bond acceptors (Lipinski definition) is 4. The maximum Gasteiger partial charge on any atom is 0.270 e. The van der Waals surface area contributed by atoms with Gasteiger partial charge in [0.25, 0.3) is 5.91 Å². The maximum absolute atomic E-state index is 12.9. The highest BCUT2D eigenvalue weighted by Crippen LogP contribution is 2.07. The Balaban J connectivity index is 1.88. The highest BCUT2D eigenvalue weighted by molar-refractivity contribution is 5.92. The van der Waals surface area contributed by atoms with Crippen LogP contribution in [0.5, 0.6) is 0 Å². The predicted molar refractivity (Wildman–Crippen MR) is 92.6 cm³/mol. The van der Waals surface area contributed by atoms with E-state index in [0.717, 1.165) is 24.9 Å². The number of benzene rings is 1. The Morgan fingerprint density at radius 1 is 1.25 bits per heavy atom. The minimum absolute atomic E-state index is 0.232. The van der Waals surface area contributed by atoms with Crippen LogP contribution in [0.25, 0.3) is 0 Å². The highest BCUT2D eigenvalue weighted by atomic mass is 19.1. The lowest BCUT2D eigenvalue weighted by Gasteiger charge is -2.16. The van der Waals surface area contributed by atoms with Crippen molar-refractivity contribution in [1.82, 2.24) is 15.3 Å². The van der Waals surface area contributed by atoms with Crippen molar-refractivity contribution in [1.29, 1.82) is 0 Å². The first-order chi connectivity index (χ1) is 11.6. The number of nitrogens with one attached hydrogen (secondary N) is 1. The number of aromatic nitrogens is 2. The van der Waals surface area contributed by atoms with Crippen LogP contribution in [-0.4, -0.2) is 36.0 Å². The van der Waals surface area contributed by atoms with Crippen LogP contribution in [0.4, 0.5) is 10.3 Å². The number of carbonyl (C=O) groups excluding carboxylic acids is 1. The second-order valence-electron chi connectivity index (χ2n) is 5.65. The van der Waals surface area contributed by atoms with E-state index in [9.17, 15) is 9.18 Å². The van der Waals surface area contributed by atoms with Crippen LogP contribution in [0, 0.1) is 5.82 Å². The lowest BCUT2D eigenvalue weighted by Crippen LogP contribution is -2.28. The minimum Gasteiger partial charge on any atom is -0.350 e. The van der Waals surface area contributed by atoms with Gasteiger partial charge >= 0.3 is 0 Å². The fourth-order valence-corrected chi connectivity index (χ4v) is 2.22. The minimum atomic E-state index is -0.261. The Hall–Kier alpha value is -2.50. The number of amides is 1. The summed E-state index contributed by atoms with van der Waals surface area (Å²) in [5.74, 6) is 0.0581. The fourth-order valence-electron chi connectivity index (χ4n) is 2.22. The van der Waals surface area contributed by atoms with Crippen molar-refractivity contribution in [3.63, 3.8) is 0 Å². The molecule has 6 heteroatoms. The van der Waals surface area contributed by atoms with Gasteiger partial charge in [-0.1, -0.05) is 25.5 Å². The van der Waals surface area contributed by atoms with Crippen LogP contribution < -0.4 is 10.2 Å². The summed E-state index contributed by atoms with van der Waals surface area (Å²) in [7, 11) is 1.92. The topological polar surface area (TPSA) is 58.1 Å². The number of rotatable bonds is 8. The zero-order valence-corrected chi connectivity index (χ0v) is 14.1. The third-order valence-corrected chi connectivity index (χ3v) is 3.68. The zero-order chi connectivity index (χ0) is 17.4. The summed E-state index contributed by atoms with van der Waals surface area (Å²) in [6.45, 7) is 3.45. The predicted octanol–water partition coefficient (Wildman–Crippen LogP) is 2.82. The van der Waals surface area contributed by atoms with Gasteiger partial charge in [-0.05, 0) is 36.6 Å². The van der Waals surface area contributed by atoms with Gasteiger partial charge in [0, 0.05) is 26.3 Å². The van der Waals surface area contributed by atoms with E-state index in [0.29, 0.717) is 24.6 Å². The van der Waals surface area contributed by atoms with Crippen LogP contribution in [0.15, 0.2) is 36.5 Å². The van der Waals surface area contributed by atoms with E-state index < -0.39 is 0 Å². The summed E-state index contributed by atoms with van der Waals surface area (Å²) in [6, 6.07) is 7.87. The number of anilines is 1. The van der Waals surface area contributed by atoms with Gasteiger partial charge in [-0.25, -0.2) is 14.4 Å². The van der Waals surface area contributed by atoms with E-state index in [1.54, 1.807) is 24.4 Å².